The Balaban J connectivity index is 2.12. The summed E-state index contributed by atoms with van der Waals surface area (Å²) >= 11 is 0. The standard InChI is InChI=1S/C19H30O3/c1-2-3-4-5-6-7-8-12-15-18(19(20)21)22-16-17-13-10-9-11-14-17/h9-11,13-14,18H,2-8,12,15-16H2,1H3,(H,20,21)/t18-/m0/s1. The maximum atomic E-state index is 11.2. The second-order valence-electron chi connectivity index (χ2n) is 5.89. The number of hydrogen-bond donors (Lipinski definition) is 1. The van der Waals surface area contributed by atoms with Gasteiger partial charge in [-0.05, 0) is 12.0 Å². The molecule has 3 nitrogen and oxygen atoms in total. The van der Waals surface area contributed by atoms with Crippen LogP contribution in [0, 0.1) is 0 Å². The Hall–Kier alpha value is -1.35. The Morgan fingerprint density at radius 2 is 1.59 bits per heavy atom. The van der Waals surface area contributed by atoms with E-state index in [9.17, 15) is 9.90 Å². The first-order valence-corrected chi connectivity index (χ1v) is 8.62. The lowest BCUT2D eigenvalue weighted by molar-refractivity contribution is -0.151. The molecule has 1 aromatic carbocycles. The van der Waals surface area contributed by atoms with Gasteiger partial charge in [-0.25, -0.2) is 4.79 Å². The van der Waals surface area contributed by atoms with Crippen LogP contribution in [0.5, 0.6) is 0 Å². The minimum absolute atomic E-state index is 0.370. The lowest BCUT2D eigenvalue weighted by Gasteiger charge is -2.13. The third-order valence-corrected chi connectivity index (χ3v) is 3.89. The maximum absolute atomic E-state index is 11.2. The van der Waals surface area contributed by atoms with Gasteiger partial charge in [-0.15, -0.1) is 0 Å². The number of hydrogen-bond acceptors (Lipinski definition) is 2. The van der Waals surface area contributed by atoms with Crippen molar-refractivity contribution in [1.82, 2.24) is 0 Å². The monoisotopic (exact) mass is 306 g/mol. The molecule has 0 saturated carbocycles. The second-order valence-corrected chi connectivity index (χ2v) is 5.89. The van der Waals surface area contributed by atoms with Crippen molar-refractivity contribution in [1.29, 1.82) is 0 Å². The zero-order valence-electron chi connectivity index (χ0n) is 13.8. The number of carbonyl (C=O) groups is 1. The molecule has 0 spiro atoms. The summed E-state index contributed by atoms with van der Waals surface area (Å²) in [4.78, 5) is 11.2. The molecule has 0 heterocycles. The highest BCUT2D eigenvalue weighted by molar-refractivity contribution is 5.72. The molecule has 0 amide bonds. The van der Waals surface area contributed by atoms with Gasteiger partial charge in [0.15, 0.2) is 6.10 Å². The van der Waals surface area contributed by atoms with Crippen LogP contribution in [0.4, 0.5) is 0 Å². The van der Waals surface area contributed by atoms with E-state index in [0.29, 0.717) is 13.0 Å². The molecular weight excluding hydrogens is 276 g/mol. The van der Waals surface area contributed by atoms with Crippen LogP contribution < -0.4 is 0 Å². The lowest BCUT2D eigenvalue weighted by Crippen LogP contribution is -2.23. The normalized spacial score (nSPS) is 12.2. The molecule has 22 heavy (non-hydrogen) atoms. The molecule has 0 aromatic heterocycles. The Morgan fingerprint density at radius 1 is 1.00 bits per heavy atom. The van der Waals surface area contributed by atoms with E-state index in [2.05, 4.69) is 6.92 Å². The van der Waals surface area contributed by atoms with E-state index in [1.54, 1.807) is 0 Å². The fraction of sp³-hybridized carbons (Fsp3) is 0.632. The summed E-state index contributed by atoms with van der Waals surface area (Å²) in [5.41, 5.74) is 1.02. The number of rotatable bonds is 13. The molecule has 0 fully saturated rings. The van der Waals surface area contributed by atoms with Crippen molar-refractivity contribution in [2.45, 2.75) is 77.4 Å². The SMILES string of the molecule is CCCCCCCCCC[C@H](OCc1ccccc1)C(=O)O. The Bertz CT molecular complexity index is 389. The van der Waals surface area contributed by atoms with Gasteiger partial charge in [0.2, 0.25) is 0 Å². The highest BCUT2D eigenvalue weighted by atomic mass is 16.5. The topological polar surface area (TPSA) is 46.5 Å². The fourth-order valence-corrected chi connectivity index (χ4v) is 2.51. The van der Waals surface area contributed by atoms with Crippen LogP contribution in [0.25, 0.3) is 0 Å². The second kappa shape index (κ2) is 12.2. The third-order valence-electron chi connectivity index (χ3n) is 3.89. The summed E-state index contributed by atoms with van der Waals surface area (Å²) in [6, 6.07) is 9.73. The first-order valence-electron chi connectivity index (χ1n) is 8.62. The summed E-state index contributed by atoms with van der Waals surface area (Å²) in [5.74, 6) is -0.848. The van der Waals surface area contributed by atoms with Crippen molar-refractivity contribution in [3.63, 3.8) is 0 Å². The fourth-order valence-electron chi connectivity index (χ4n) is 2.51. The van der Waals surface area contributed by atoms with Gasteiger partial charge >= 0.3 is 5.97 Å². The molecule has 1 rings (SSSR count). The van der Waals surface area contributed by atoms with Crippen LogP contribution in [0.3, 0.4) is 0 Å². The molecule has 0 bridgehead atoms. The van der Waals surface area contributed by atoms with E-state index in [4.69, 9.17) is 4.74 Å². The predicted octanol–water partition coefficient (Wildman–Crippen LogP) is 5.19. The minimum Gasteiger partial charge on any atom is -0.479 e. The maximum Gasteiger partial charge on any atom is 0.332 e. The Kier molecular flexibility index (Phi) is 10.4. The quantitative estimate of drug-likeness (QED) is 0.510. The van der Waals surface area contributed by atoms with Crippen LogP contribution in [0.1, 0.15) is 70.3 Å². The average Bonchev–Trinajstić information content (AvgIpc) is 2.53. The van der Waals surface area contributed by atoms with Crippen molar-refractivity contribution in [2.75, 3.05) is 0 Å². The predicted molar refractivity (Wildman–Crippen MR) is 89.9 cm³/mol. The molecule has 0 aliphatic heterocycles. The van der Waals surface area contributed by atoms with E-state index < -0.39 is 12.1 Å². The number of carboxylic acid groups (broad SMARTS) is 1. The number of ether oxygens (including phenoxy) is 1. The van der Waals surface area contributed by atoms with Crippen molar-refractivity contribution >= 4 is 5.97 Å². The third kappa shape index (κ3) is 8.83. The highest BCUT2D eigenvalue weighted by Crippen LogP contribution is 2.13. The van der Waals surface area contributed by atoms with Crippen LogP contribution in [-0.2, 0) is 16.1 Å². The summed E-state index contributed by atoms with van der Waals surface area (Å²) in [6.45, 7) is 2.59. The molecule has 124 valence electrons. The van der Waals surface area contributed by atoms with Gasteiger partial charge in [-0.2, -0.15) is 0 Å². The average molecular weight is 306 g/mol. The highest BCUT2D eigenvalue weighted by Gasteiger charge is 2.17. The van der Waals surface area contributed by atoms with Crippen LogP contribution in [0.2, 0.25) is 0 Å². The van der Waals surface area contributed by atoms with E-state index in [-0.39, 0.29) is 0 Å². The Morgan fingerprint density at radius 3 is 2.18 bits per heavy atom. The summed E-state index contributed by atoms with van der Waals surface area (Å²) in [7, 11) is 0. The van der Waals surface area contributed by atoms with Crippen LogP contribution >= 0.6 is 0 Å². The van der Waals surface area contributed by atoms with E-state index in [1.807, 2.05) is 30.3 Å². The first-order chi connectivity index (χ1) is 10.7. The molecule has 0 aliphatic carbocycles. The lowest BCUT2D eigenvalue weighted by atomic mass is 10.1. The summed E-state index contributed by atoms with van der Waals surface area (Å²) in [6.07, 6.45) is 9.67. The van der Waals surface area contributed by atoms with Gasteiger partial charge in [0.1, 0.15) is 0 Å². The van der Waals surface area contributed by atoms with Crippen molar-refractivity contribution in [2.24, 2.45) is 0 Å². The molecule has 1 atom stereocenters. The van der Waals surface area contributed by atoms with Crippen molar-refractivity contribution in [3.8, 4) is 0 Å². The van der Waals surface area contributed by atoms with Gasteiger partial charge in [0.25, 0.3) is 0 Å². The van der Waals surface area contributed by atoms with Gasteiger partial charge in [0, 0.05) is 0 Å². The zero-order valence-corrected chi connectivity index (χ0v) is 13.8. The molecular formula is C19H30O3. The molecule has 0 aliphatic rings. The molecule has 3 heteroatoms. The molecule has 0 unspecified atom stereocenters. The molecule has 0 radical (unpaired) electrons. The smallest absolute Gasteiger partial charge is 0.332 e. The van der Waals surface area contributed by atoms with Gasteiger partial charge in [0.05, 0.1) is 6.61 Å². The van der Waals surface area contributed by atoms with Gasteiger partial charge in [-0.1, -0.05) is 88.6 Å². The van der Waals surface area contributed by atoms with Gasteiger partial charge in [-0.3, -0.25) is 0 Å². The summed E-state index contributed by atoms with van der Waals surface area (Å²) < 4.78 is 5.55. The number of carboxylic acids is 1. The van der Waals surface area contributed by atoms with Crippen molar-refractivity contribution in [3.05, 3.63) is 35.9 Å². The van der Waals surface area contributed by atoms with Crippen LogP contribution in [0.15, 0.2) is 30.3 Å². The molecule has 1 N–H and O–H groups in total. The van der Waals surface area contributed by atoms with Crippen molar-refractivity contribution < 1.29 is 14.6 Å². The van der Waals surface area contributed by atoms with E-state index in [0.717, 1.165) is 18.4 Å². The van der Waals surface area contributed by atoms with Gasteiger partial charge < -0.3 is 9.84 Å². The number of benzene rings is 1. The van der Waals surface area contributed by atoms with E-state index in [1.165, 1.54) is 38.5 Å². The molecule has 0 saturated heterocycles. The van der Waals surface area contributed by atoms with Crippen LogP contribution in [-0.4, -0.2) is 17.2 Å². The molecule has 1 aromatic rings. The minimum atomic E-state index is -0.848. The Labute approximate surface area is 134 Å². The van der Waals surface area contributed by atoms with E-state index >= 15 is 0 Å². The zero-order chi connectivity index (χ0) is 16.0. The first kappa shape index (κ1) is 18.7. The largest absolute Gasteiger partial charge is 0.479 e. The summed E-state index contributed by atoms with van der Waals surface area (Å²) in [5, 5.41) is 9.23. The number of unbranched alkanes of at least 4 members (excludes halogenated alkanes) is 7. The number of aliphatic carboxylic acids is 1.